The van der Waals surface area contributed by atoms with Gasteiger partial charge in [0.05, 0.1) is 5.52 Å². The number of nitrogens with zero attached hydrogens (tertiary/aromatic N) is 5. The van der Waals surface area contributed by atoms with E-state index in [1.807, 2.05) is 28.8 Å². The molecule has 0 aliphatic rings. The molecular weight excluding hydrogens is 202 g/mol. The third-order valence-corrected chi connectivity index (χ3v) is 2.76. The highest BCUT2D eigenvalue weighted by molar-refractivity contribution is 5.93. The lowest BCUT2D eigenvalue weighted by Gasteiger charge is -2.03. The zero-order valence-electron chi connectivity index (χ0n) is 8.28. The standard InChI is InChI=1S/C11H7N5/c1-2-4-9-8(3-1)10-13-7-14-16(10)11-12-5-6-15(9)11/h1-7H. The van der Waals surface area contributed by atoms with E-state index < -0.39 is 0 Å². The van der Waals surface area contributed by atoms with Crippen LogP contribution in [0.3, 0.4) is 0 Å². The topological polar surface area (TPSA) is 47.5 Å². The maximum atomic E-state index is 4.29. The zero-order valence-corrected chi connectivity index (χ0v) is 8.28. The number of hydrogen-bond acceptors (Lipinski definition) is 3. The van der Waals surface area contributed by atoms with Crippen LogP contribution in [0.2, 0.25) is 0 Å². The lowest BCUT2D eigenvalue weighted by Crippen LogP contribution is -1.98. The number of imidazole rings is 1. The smallest absolute Gasteiger partial charge is 0.237 e. The molecule has 0 saturated carbocycles. The molecule has 3 heterocycles. The summed E-state index contributed by atoms with van der Waals surface area (Å²) in [6.07, 6.45) is 5.25. The molecule has 0 aliphatic carbocycles. The van der Waals surface area contributed by atoms with Crippen LogP contribution in [0, 0.1) is 0 Å². The van der Waals surface area contributed by atoms with Gasteiger partial charge in [0, 0.05) is 17.8 Å². The van der Waals surface area contributed by atoms with Crippen LogP contribution in [-0.2, 0) is 0 Å². The Morgan fingerprint density at radius 2 is 2.00 bits per heavy atom. The molecule has 5 heteroatoms. The van der Waals surface area contributed by atoms with Crippen LogP contribution in [0.1, 0.15) is 0 Å². The Balaban J connectivity index is 2.51. The number of fused-ring (bicyclic) bond motifs is 6. The van der Waals surface area contributed by atoms with Gasteiger partial charge in [-0.1, -0.05) is 12.1 Å². The Bertz CT molecular complexity index is 742. The van der Waals surface area contributed by atoms with Gasteiger partial charge in [-0.2, -0.15) is 9.61 Å². The van der Waals surface area contributed by atoms with Crippen molar-refractivity contribution in [2.45, 2.75) is 0 Å². The summed E-state index contributed by atoms with van der Waals surface area (Å²) in [6, 6.07) is 8.10. The summed E-state index contributed by atoms with van der Waals surface area (Å²) in [6.45, 7) is 0. The van der Waals surface area contributed by atoms with Gasteiger partial charge in [0.25, 0.3) is 0 Å². The van der Waals surface area contributed by atoms with Gasteiger partial charge in [0.1, 0.15) is 6.33 Å². The number of hydrogen-bond donors (Lipinski definition) is 0. The van der Waals surface area contributed by atoms with Crippen molar-refractivity contribution in [1.29, 1.82) is 0 Å². The lowest BCUT2D eigenvalue weighted by atomic mass is 10.2. The summed E-state index contributed by atoms with van der Waals surface area (Å²) >= 11 is 0. The monoisotopic (exact) mass is 209 g/mol. The molecule has 0 bridgehead atoms. The first-order valence-corrected chi connectivity index (χ1v) is 4.99. The predicted molar refractivity (Wildman–Crippen MR) is 59.2 cm³/mol. The molecule has 0 amide bonds. The predicted octanol–water partition coefficient (Wildman–Crippen LogP) is 1.53. The van der Waals surface area contributed by atoms with Gasteiger partial charge in [-0.15, -0.1) is 0 Å². The second-order valence-corrected chi connectivity index (χ2v) is 3.61. The first-order chi connectivity index (χ1) is 7.95. The van der Waals surface area contributed by atoms with Crippen molar-refractivity contribution in [2.75, 3.05) is 0 Å². The Labute approximate surface area is 90.0 Å². The van der Waals surface area contributed by atoms with Crippen molar-refractivity contribution in [1.82, 2.24) is 24.0 Å². The molecule has 0 atom stereocenters. The average Bonchev–Trinajstić information content (AvgIpc) is 2.98. The summed E-state index contributed by atoms with van der Waals surface area (Å²) in [5, 5.41) is 5.27. The normalized spacial score (nSPS) is 11.8. The summed E-state index contributed by atoms with van der Waals surface area (Å²) in [4.78, 5) is 8.57. The molecule has 0 radical (unpaired) electrons. The maximum Gasteiger partial charge on any atom is 0.237 e. The molecular formula is C11H7N5. The van der Waals surface area contributed by atoms with Gasteiger partial charge in [-0.3, -0.25) is 4.40 Å². The number of aromatic nitrogens is 5. The summed E-state index contributed by atoms with van der Waals surface area (Å²) < 4.78 is 3.76. The minimum absolute atomic E-state index is 0.784. The summed E-state index contributed by atoms with van der Waals surface area (Å²) in [5.41, 5.74) is 1.94. The highest BCUT2D eigenvalue weighted by Crippen LogP contribution is 2.19. The van der Waals surface area contributed by atoms with E-state index in [1.165, 1.54) is 0 Å². The van der Waals surface area contributed by atoms with Crippen molar-refractivity contribution in [3.63, 3.8) is 0 Å². The van der Waals surface area contributed by atoms with Crippen LogP contribution in [0.15, 0.2) is 43.0 Å². The van der Waals surface area contributed by atoms with Crippen LogP contribution < -0.4 is 0 Å². The fourth-order valence-electron chi connectivity index (χ4n) is 2.08. The number of rotatable bonds is 0. The quantitative estimate of drug-likeness (QED) is 0.441. The van der Waals surface area contributed by atoms with Gasteiger partial charge >= 0.3 is 0 Å². The second kappa shape index (κ2) is 2.57. The van der Waals surface area contributed by atoms with E-state index in [-0.39, 0.29) is 0 Å². The summed E-state index contributed by atoms with van der Waals surface area (Å²) in [7, 11) is 0. The molecule has 0 aliphatic heterocycles. The highest BCUT2D eigenvalue weighted by Gasteiger charge is 2.09. The highest BCUT2D eigenvalue weighted by atomic mass is 15.3. The van der Waals surface area contributed by atoms with Crippen molar-refractivity contribution in [3.05, 3.63) is 43.0 Å². The third-order valence-electron chi connectivity index (χ3n) is 2.76. The van der Waals surface area contributed by atoms with Gasteiger partial charge in [0.15, 0.2) is 5.65 Å². The maximum absolute atomic E-state index is 4.29. The van der Waals surface area contributed by atoms with Crippen LogP contribution in [0.25, 0.3) is 22.3 Å². The van der Waals surface area contributed by atoms with E-state index in [9.17, 15) is 0 Å². The molecule has 4 aromatic rings. The van der Waals surface area contributed by atoms with Crippen molar-refractivity contribution < 1.29 is 0 Å². The third kappa shape index (κ3) is 0.785. The minimum atomic E-state index is 0.784. The number of benzene rings is 1. The van der Waals surface area contributed by atoms with Crippen molar-refractivity contribution in [2.24, 2.45) is 0 Å². The Kier molecular flexibility index (Phi) is 1.26. The molecule has 0 fully saturated rings. The largest absolute Gasteiger partial charge is 0.284 e. The summed E-state index contributed by atoms with van der Waals surface area (Å²) in [5.74, 6) is 0.784. The molecule has 3 aromatic heterocycles. The molecule has 4 rings (SSSR count). The van der Waals surface area contributed by atoms with Crippen molar-refractivity contribution in [3.8, 4) is 0 Å². The first kappa shape index (κ1) is 7.81. The average molecular weight is 209 g/mol. The van der Waals surface area contributed by atoms with E-state index >= 15 is 0 Å². The zero-order chi connectivity index (χ0) is 10.5. The van der Waals surface area contributed by atoms with Gasteiger partial charge in [-0.25, -0.2) is 9.97 Å². The molecule has 1 aromatic carbocycles. The van der Waals surface area contributed by atoms with E-state index in [0.29, 0.717) is 0 Å². The van der Waals surface area contributed by atoms with Crippen LogP contribution in [-0.4, -0.2) is 24.0 Å². The molecule has 5 nitrogen and oxygen atoms in total. The molecule has 76 valence electrons. The Morgan fingerprint density at radius 1 is 1.06 bits per heavy atom. The fourth-order valence-corrected chi connectivity index (χ4v) is 2.08. The van der Waals surface area contributed by atoms with Gasteiger partial charge < -0.3 is 0 Å². The van der Waals surface area contributed by atoms with Crippen LogP contribution >= 0.6 is 0 Å². The van der Waals surface area contributed by atoms with E-state index in [0.717, 1.165) is 22.3 Å². The fraction of sp³-hybridized carbons (Fsp3) is 0. The van der Waals surface area contributed by atoms with E-state index in [4.69, 9.17) is 0 Å². The number of para-hydroxylation sites is 1. The molecule has 0 unspecified atom stereocenters. The SMILES string of the molecule is c1ccc2c(c1)c1ncnn1c1nccn21. The van der Waals surface area contributed by atoms with E-state index in [1.54, 1.807) is 17.0 Å². The van der Waals surface area contributed by atoms with Gasteiger partial charge in [-0.05, 0) is 12.1 Å². The van der Waals surface area contributed by atoms with Crippen LogP contribution in [0.5, 0.6) is 0 Å². The van der Waals surface area contributed by atoms with Gasteiger partial charge in [0.2, 0.25) is 5.78 Å². The molecule has 16 heavy (non-hydrogen) atoms. The van der Waals surface area contributed by atoms with Crippen molar-refractivity contribution >= 4 is 22.3 Å². The lowest BCUT2D eigenvalue weighted by molar-refractivity contribution is 0.949. The van der Waals surface area contributed by atoms with E-state index in [2.05, 4.69) is 21.1 Å². The van der Waals surface area contributed by atoms with Crippen LogP contribution in [0.4, 0.5) is 0 Å². The first-order valence-electron chi connectivity index (χ1n) is 4.99. The molecule has 0 spiro atoms. The minimum Gasteiger partial charge on any atom is -0.284 e. The Hall–Kier alpha value is -2.43. The second-order valence-electron chi connectivity index (χ2n) is 3.61. The molecule has 0 N–H and O–H groups in total. The Morgan fingerprint density at radius 3 is 3.00 bits per heavy atom. The molecule has 0 saturated heterocycles.